The third-order valence-electron chi connectivity index (χ3n) is 9.81. The highest BCUT2D eigenvalue weighted by atomic mass is 32.2. The van der Waals surface area contributed by atoms with Crippen molar-refractivity contribution in [2.24, 2.45) is 0 Å². The first kappa shape index (κ1) is 38.1. The zero-order valence-electron chi connectivity index (χ0n) is 29.7. The lowest BCUT2D eigenvalue weighted by Gasteiger charge is -2.30. The highest BCUT2D eigenvalue weighted by Gasteiger charge is 2.39. The molecule has 0 bridgehead atoms. The molecule has 0 aliphatic heterocycles. The number of carbonyl (C=O) groups excluding carboxylic acids is 1. The van der Waals surface area contributed by atoms with Gasteiger partial charge in [-0.05, 0) is 96.4 Å². The number of carbonyl (C=O) groups is 2. The Bertz CT molecular complexity index is 2200. The lowest BCUT2D eigenvalue weighted by atomic mass is 9.84. The zero-order chi connectivity index (χ0) is 38.6. The second-order valence-electron chi connectivity index (χ2n) is 14.9. The molecule has 0 atom stereocenters. The van der Waals surface area contributed by atoms with Crippen LogP contribution in [-0.4, -0.2) is 36.3 Å². The highest BCUT2D eigenvalue weighted by molar-refractivity contribution is 7.89. The van der Waals surface area contributed by atoms with E-state index in [0.29, 0.717) is 39.9 Å². The number of hydrogen-bond donors (Lipinski definition) is 1. The third kappa shape index (κ3) is 7.87. The average molecular weight is 755 g/mol. The second-order valence-corrected chi connectivity index (χ2v) is 16.8. The lowest BCUT2D eigenvalue weighted by molar-refractivity contribution is -0.119. The molecule has 0 saturated heterocycles. The Morgan fingerprint density at radius 2 is 1.47 bits per heavy atom. The van der Waals surface area contributed by atoms with Crippen molar-refractivity contribution >= 4 is 27.6 Å². The quantitative estimate of drug-likeness (QED) is 0.0887. The van der Waals surface area contributed by atoms with Crippen molar-refractivity contribution in [2.75, 3.05) is 11.4 Å². The average Bonchev–Trinajstić information content (AvgIpc) is 4.03. The molecule has 13 heteroatoms. The number of carboxylic acid groups (broad SMARTS) is 1. The maximum absolute atomic E-state index is 15.4. The molecule has 2 aliphatic rings. The van der Waals surface area contributed by atoms with Gasteiger partial charge in [-0.1, -0.05) is 57.2 Å². The largest absolute Gasteiger partial charge is 0.478 e. The van der Waals surface area contributed by atoms with Gasteiger partial charge in [-0.15, -0.1) is 0 Å². The van der Waals surface area contributed by atoms with Crippen LogP contribution in [0.2, 0.25) is 0 Å². The minimum absolute atomic E-state index is 0.0165. The van der Waals surface area contributed by atoms with E-state index in [1.54, 1.807) is 0 Å². The van der Waals surface area contributed by atoms with Gasteiger partial charge in [-0.3, -0.25) is 4.79 Å². The maximum Gasteiger partial charge on any atom is 0.335 e. The second kappa shape index (κ2) is 14.3. The van der Waals surface area contributed by atoms with Crippen LogP contribution in [0.25, 0.3) is 0 Å². The molecule has 1 N–H and O–H groups in total. The Balaban J connectivity index is 1.50. The molecule has 0 aromatic heterocycles. The van der Waals surface area contributed by atoms with E-state index >= 15 is 13.2 Å². The van der Waals surface area contributed by atoms with Gasteiger partial charge in [0.2, 0.25) is 15.9 Å². The van der Waals surface area contributed by atoms with E-state index in [1.165, 1.54) is 41.3 Å². The molecule has 280 valence electrons. The molecule has 4 aromatic rings. The van der Waals surface area contributed by atoms with Crippen molar-refractivity contribution in [1.29, 1.82) is 0 Å². The summed E-state index contributed by atoms with van der Waals surface area (Å²) in [4.78, 5) is 26.1. The van der Waals surface area contributed by atoms with Gasteiger partial charge in [-0.25, -0.2) is 35.2 Å². The Morgan fingerprint density at radius 3 is 2.08 bits per heavy atom. The van der Waals surface area contributed by atoms with Crippen LogP contribution in [0.1, 0.15) is 102 Å². The lowest BCUT2D eigenvalue weighted by Crippen LogP contribution is -2.43. The molecule has 2 aliphatic carbocycles. The highest BCUT2D eigenvalue weighted by Crippen LogP contribution is 2.46. The first-order valence-electron chi connectivity index (χ1n) is 17.3. The summed E-state index contributed by atoms with van der Waals surface area (Å²) >= 11 is 0. The molecule has 1 amide bonds. The molecule has 7 nitrogen and oxygen atoms in total. The normalized spacial score (nSPS) is 14.8. The number of amides is 1. The van der Waals surface area contributed by atoms with Crippen LogP contribution < -0.4 is 4.90 Å². The summed E-state index contributed by atoms with van der Waals surface area (Å²) in [6, 6.07) is 15.3. The van der Waals surface area contributed by atoms with E-state index in [-0.39, 0.29) is 29.0 Å². The van der Waals surface area contributed by atoms with Crippen LogP contribution in [0.3, 0.4) is 0 Å². The van der Waals surface area contributed by atoms with E-state index in [4.69, 9.17) is 0 Å². The van der Waals surface area contributed by atoms with Crippen LogP contribution in [0, 0.1) is 36.0 Å². The first-order chi connectivity index (χ1) is 24.9. The molecule has 53 heavy (non-hydrogen) atoms. The summed E-state index contributed by atoms with van der Waals surface area (Å²) in [5, 5.41) is 9.76. The number of halogens is 5. The number of anilines is 1. The molecule has 0 heterocycles. The minimum Gasteiger partial charge on any atom is -0.478 e. The molecule has 4 aromatic carbocycles. The van der Waals surface area contributed by atoms with Crippen molar-refractivity contribution in [3.8, 4) is 0 Å². The Hall–Kier alpha value is -4.62. The fourth-order valence-electron chi connectivity index (χ4n) is 6.40. The van der Waals surface area contributed by atoms with Crippen LogP contribution in [0.4, 0.5) is 27.6 Å². The standard InChI is InChI=1S/C40H39F5N2O5S/c1-22-34(42)36(44)37(45)38(35(22)43)53(51,52)46(20-27-7-5-6-8-31(27)41)21-33(48)47(32-14-13-26(39(49)50)18-30(32)25-11-12-25)19-23-15-28(24-9-10-24)17-29(16-23)40(2,3)4/h5-8,13-18,24-25H,9-12,19-21H2,1-4H3,(H,49,50). The van der Waals surface area contributed by atoms with Gasteiger partial charge in [0.15, 0.2) is 28.2 Å². The number of sulfonamides is 1. The SMILES string of the molecule is Cc1c(F)c(F)c(F)c(S(=O)(=O)N(CC(=O)N(Cc2cc(C3CC3)cc(C(C)(C)C)c2)c2ccc(C(=O)O)cc2C2CC2)Cc2ccccc2F)c1F. The molecule has 6 rings (SSSR count). The number of aromatic carboxylic acids is 1. The summed E-state index contributed by atoms with van der Waals surface area (Å²) < 4.78 is 103. The molecule has 0 spiro atoms. The van der Waals surface area contributed by atoms with Crippen LogP contribution in [0.5, 0.6) is 0 Å². The summed E-state index contributed by atoms with van der Waals surface area (Å²) in [5.41, 5.74) is 1.98. The van der Waals surface area contributed by atoms with Gasteiger partial charge in [-0.2, -0.15) is 4.31 Å². The van der Waals surface area contributed by atoms with Gasteiger partial charge in [0.1, 0.15) is 5.82 Å². The van der Waals surface area contributed by atoms with Crippen molar-refractivity contribution in [3.05, 3.63) is 129 Å². The minimum atomic E-state index is -5.51. The van der Waals surface area contributed by atoms with Crippen LogP contribution in [0.15, 0.2) is 65.6 Å². The number of carboxylic acids is 1. The van der Waals surface area contributed by atoms with E-state index in [0.717, 1.165) is 37.0 Å². The number of benzene rings is 4. The molecular formula is C40H39F5N2O5S. The van der Waals surface area contributed by atoms with E-state index in [9.17, 15) is 31.9 Å². The Labute approximate surface area is 305 Å². The van der Waals surface area contributed by atoms with Crippen LogP contribution in [-0.2, 0) is 33.3 Å². The van der Waals surface area contributed by atoms with Gasteiger partial charge in [0.25, 0.3) is 0 Å². The van der Waals surface area contributed by atoms with Crippen molar-refractivity contribution < 1.29 is 45.1 Å². The summed E-state index contributed by atoms with van der Waals surface area (Å²) in [6.45, 7) is 4.77. The fourth-order valence-corrected chi connectivity index (χ4v) is 7.94. The van der Waals surface area contributed by atoms with E-state index in [1.807, 2.05) is 32.9 Å². The molecule has 2 saturated carbocycles. The Morgan fingerprint density at radius 1 is 0.811 bits per heavy atom. The summed E-state index contributed by atoms with van der Waals surface area (Å²) in [6.07, 6.45) is 3.42. The smallest absolute Gasteiger partial charge is 0.335 e. The summed E-state index contributed by atoms with van der Waals surface area (Å²) in [7, 11) is -5.51. The van der Waals surface area contributed by atoms with Gasteiger partial charge in [0, 0.05) is 23.4 Å². The van der Waals surface area contributed by atoms with E-state index < -0.39 is 74.5 Å². The van der Waals surface area contributed by atoms with Gasteiger partial charge < -0.3 is 10.0 Å². The monoisotopic (exact) mass is 754 g/mol. The fraction of sp³-hybridized carbons (Fsp3) is 0.350. The molecule has 0 unspecified atom stereocenters. The Kier molecular flexibility index (Phi) is 10.3. The number of rotatable bonds is 12. The van der Waals surface area contributed by atoms with Crippen LogP contribution >= 0.6 is 0 Å². The molecule has 0 radical (unpaired) electrons. The topological polar surface area (TPSA) is 95.0 Å². The van der Waals surface area contributed by atoms with Gasteiger partial charge in [0.05, 0.1) is 18.7 Å². The van der Waals surface area contributed by atoms with E-state index in [2.05, 4.69) is 6.07 Å². The summed E-state index contributed by atoms with van der Waals surface area (Å²) in [5.74, 6) is -11.1. The maximum atomic E-state index is 15.4. The molecule has 2 fully saturated rings. The first-order valence-corrected chi connectivity index (χ1v) is 18.7. The van der Waals surface area contributed by atoms with Gasteiger partial charge >= 0.3 is 5.97 Å². The number of hydrogen-bond acceptors (Lipinski definition) is 4. The molecular weight excluding hydrogens is 716 g/mol. The number of nitrogens with zero attached hydrogens (tertiary/aromatic N) is 2. The predicted molar refractivity (Wildman–Crippen MR) is 189 cm³/mol. The van der Waals surface area contributed by atoms with Crippen molar-refractivity contribution in [3.63, 3.8) is 0 Å². The van der Waals surface area contributed by atoms with Crippen molar-refractivity contribution in [2.45, 2.75) is 88.6 Å². The zero-order valence-corrected chi connectivity index (χ0v) is 30.5. The van der Waals surface area contributed by atoms with Crippen molar-refractivity contribution in [1.82, 2.24) is 4.31 Å². The third-order valence-corrected chi connectivity index (χ3v) is 11.6. The predicted octanol–water partition coefficient (Wildman–Crippen LogP) is 8.87.